The van der Waals surface area contributed by atoms with Crippen molar-refractivity contribution in [3.8, 4) is 0 Å². The summed E-state index contributed by atoms with van der Waals surface area (Å²) in [6.45, 7) is 7.25. The second-order valence-electron chi connectivity index (χ2n) is 7.28. The lowest BCUT2D eigenvalue weighted by atomic mass is 9.76. The van der Waals surface area contributed by atoms with Crippen LogP contribution < -0.4 is 0 Å². The Morgan fingerprint density at radius 2 is 1.67 bits per heavy atom. The summed E-state index contributed by atoms with van der Waals surface area (Å²) >= 11 is 0. The molecule has 2 rings (SSSR count). The van der Waals surface area contributed by atoms with Gasteiger partial charge >= 0.3 is 0 Å². The maximum absolute atomic E-state index is 2.52. The standard InChI is InChI=1S/C18H32/c1-14-4-9-17(10-5-14)11-8-16(3)18-12-6-15(2)7-13-18/h6,12,14-18H,4-5,7-11,13H2,1-3H3. The van der Waals surface area contributed by atoms with Gasteiger partial charge in [0.25, 0.3) is 0 Å². The predicted molar refractivity (Wildman–Crippen MR) is 80.5 cm³/mol. The molecule has 0 radical (unpaired) electrons. The SMILES string of the molecule is CC1C=CC(C(C)CCC2CCC(C)CC2)CC1. The third-order valence-electron chi connectivity index (χ3n) is 5.54. The Hall–Kier alpha value is -0.260. The molecule has 3 atom stereocenters. The van der Waals surface area contributed by atoms with Crippen LogP contribution in [0.15, 0.2) is 12.2 Å². The highest BCUT2D eigenvalue weighted by atomic mass is 14.3. The number of rotatable bonds is 4. The van der Waals surface area contributed by atoms with Gasteiger partial charge in [0.2, 0.25) is 0 Å². The molecule has 0 aromatic heterocycles. The van der Waals surface area contributed by atoms with Crippen LogP contribution in [-0.2, 0) is 0 Å². The van der Waals surface area contributed by atoms with Gasteiger partial charge in [-0.2, -0.15) is 0 Å². The van der Waals surface area contributed by atoms with Crippen LogP contribution >= 0.6 is 0 Å². The second-order valence-corrected chi connectivity index (χ2v) is 7.28. The molecule has 0 aromatic rings. The van der Waals surface area contributed by atoms with E-state index >= 15 is 0 Å². The first-order chi connectivity index (χ1) is 8.65. The molecule has 0 spiro atoms. The van der Waals surface area contributed by atoms with Crippen molar-refractivity contribution in [3.63, 3.8) is 0 Å². The monoisotopic (exact) mass is 248 g/mol. The molecule has 0 nitrogen and oxygen atoms in total. The van der Waals surface area contributed by atoms with Gasteiger partial charge in [-0.05, 0) is 48.9 Å². The molecule has 0 aliphatic heterocycles. The topological polar surface area (TPSA) is 0 Å². The van der Waals surface area contributed by atoms with Gasteiger partial charge in [0.05, 0.1) is 0 Å². The Morgan fingerprint density at radius 1 is 0.944 bits per heavy atom. The number of hydrogen-bond donors (Lipinski definition) is 0. The summed E-state index contributed by atoms with van der Waals surface area (Å²) in [7, 11) is 0. The van der Waals surface area contributed by atoms with Crippen molar-refractivity contribution in [1.82, 2.24) is 0 Å². The first-order valence-electron chi connectivity index (χ1n) is 8.33. The average Bonchev–Trinajstić information content (AvgIpc) is 2.38. The van der Waals surface area contributed by atoms with E-state index in [-0.39, 0.29) is 0 Å². The smallest absolute Gasteiger partial charge is 0.0207 e. The molecule has 0 N–H and O–H groups in total. The molecule has 0 heteroatoms. The zero-order valence-corrected chi connectivity index (χ0v) is 12.7. The normalized spacial score (nSPS) is 38.6. The molecule has 3 unspecified atom stereocenters. The minimum absolute atomic E-state index is 0.827. The van der Waals surface area contributed by atoms with Crippen LogP contribution in [-0.4, -0.2) is 0 Å². The van der Waals surface area contributed by atoms with E-state index in [4.69, 9.17) is 0 Å². The van der Waals surface area contributed by atoms with E-state index in [2.05, 4.69) is 32.9 Å². The highest BCUT2D eigenvalue weighted by Gasteiger charge is 2.22. The first-order valence-corrected chi connectivity index (χ1v) is 8.33. The summed E-state index contributed by atoms with van der Waals surface area (Å²) in [6, 6.07) is 0. The molecule has 0 heterocycles. The molecule has 0 saturated heterocycles. The highest BCUT2D eigenvalue weighted by molar-refractivity contribution is 4.98. The summed E-state index contributed by atoms with van der Waals surface area (Å²) < 4.78 is 0. The van der Waals surface area contributed by atoms with Gasteiger partial charge in [0, 0.05) is 0 Å². The number of allylic oxidation sites excluding steroid dienone is 2. The Kier molecular flexibility index (Phi) is 5.33. The first kappa shape index (κ1) is 14.2. The Bertz CT molecular complexity index is 257. The van der Waals surface area contributed by atoms with Crippen molar-refractivity contribution in [2.45, 2.75) is 72.1 Å². The van der Waals surface area contributed by atoms with Gasteiger partial charge in [0.15, 0.2) is 0 Å². The minimum Gasteiger partial charge on any atom is -0.0854 e. The van der Waals surface area contributed by atoms with Gasteiger partial charge in [-0.3, -0.25) is 0 Å². The van der Waals surface area contributed by atoms with Crippen LogP contribution in [0.5, 0.6) is 0 Å². The fraction of sp³-hybridized carbons (Fsp3) is 0.889. The maximum atomic E-state index is 2.52. The summed E-state index contributed by atoms with van der Waals surface area (Å²) in [4.78, 5) is 0. The lowest BCUT2D eigenvalue weighted by Crippen LogP contribution is -2.17. The summed E-state index contributed by atoms with van der Waals surface area (Å²) in [6.07, 6.45) is 16.7. The van der Waals surface area contributed by atoms with E-state index in [1.54, 1.807) is 0 Å². The minimum atomic E-state index is 0.827. The van der Waals surface area contributed by atoms with E-state index in [9.17, 15) is 0 Å². The van der Waals surface area contributed by atoms with Crippen LogP contribution in [0.25, 0.3) is 0 Å². The molecule has 104 valence electrons. The van der Waals surface area contributed by atoms with E-state index < -0.39 is 0 Å². The van der Waals surface area contributed by atoms with Crippen LogP contribution in [0, 0.1) is 29.6 Å². The zero-order chi connectivity index (χ0) is 13.0. The van der Waals surface area contributed by atoms with Crippen LogP contribution in [0.1, 0.15) is 72.1 Å². The molecule has 1 saturated carbocycles. The fourth-order valence-electron chi connectivity index (χ4n) is 3.78. The molecular weight excluding hydrogens is 216 g/mol. The van der Waals surface area contributed by atoms with E-state index in [1.807, 2.05) is 0 Å². The molecular formula is C18H32. The molecule has 0 aromatic carbocycles. The maximum Gasteiger partial charge on any atom is -0.0207 e. The van der Waals surface area contributed by atoms with Gasteiger partial charge in [0.1, 0.15) is 0 Å². The summed E-state index contributed by atoms with van der Waals surface area (Å²) in [5.74, 6) is 4.67. The Morgan fingerprint density at radius 3 is 2.28 bits per heavy atom. The quantitative estimate of drug-likeness (QED) is 0.549. The lowest BCUT2D eigenvalue weighted by Gasteiger charge is -2.30. The predicted octanol–water partition coefficient (Wildman–Crippen LogP) is 5.83. The molecule has 2 aliphatic rings. The zero-order valence-electron chi connectivity index (χ0n) is 12.7. The van der Waals surface area contributed by atoms with Gasteiger partial charge in [-0.1, -0.05) is 65.0 Å². The van der Waals surface area contributed by atoms with E-state index in [0.717, 1.165) is 29.6 Å². The Labute approximate surface area is 114 Å². The Balaban J connectivity index is 1.68. The summed E-state index contributed by atoms with van der Waals surface area (Å²) in [5, 5.41) is 0. The van der Waals surface area contributed by atoms with Crippen LogP contribution in [0.4, 0.5) is 0 Å². The molecule has 0 bridgehead atoms. The molecule has 0 amide bonds. The van der Waals surface area contributed by atoms with E-state index in [1.165, 1.54) is 51.4 Å². The molecule has 1 fully saturated rings. The van der Waals surface area contributed by atoms with Crippen LogP contribution in [0.3, 0.4) is 0 Å². The van der Waals surface area contributed by atoms with Gasteiger partial charge in [-0.15, -0.1) is 0 Å². The molecule has 2 aliphatic carbocycles. The highest BCUT2D eigenvalue weighted by Crippen LogP contribution is 2.35. The van der Waals surface area contributed by atoms with Crippen molar-refractivity contribution in [3.05, 3.63) is 12.2 Å². The van der Waals surface area contributed by atoms with Crippen LogP contribution in [0.2, 0.25) is 0 Å². The third-order valence-corrected chi connectivity index (χ3v) is 5.54. The van der Waals surface area contributed by atoms with Crippen molar-refractivity contribution >= 4 is 0 Å². The van der Waals surface area contributed by atoms with Gasteiger partial charge in [-0.25, -0.2) is 0 Å². The molecule has 18 heavy (non-hydrogen) atoms. The van der Waals surface area contributed by atoms with Crippen molar-refractivity contribution in [1.29, 1.82) is 0 Å². The van der Waals surface area contributed by atoms with Crippen molar-refractivity contribution in [2.24, 2.45) is 29.6 Å². The van der Waals surface area contributed by atoms with Crippen molar-refractivity contribution in [2.75, 3.05) is 0 Å². The van der Waals surface area contributed by atoms with Crippen molar-refractivity contribution < 1.29 is 0 Å². The summed E-state index contributed by atoms with van der Waals surface area (Å²) in [5.41, 5.74) is 0. The second kappa shape index (κ2) is 6.78. The third kappa shape index (κ3) is 4.14. The van der Waals surface area contributed by atoms with Gasteiger partial charge < -0.3 is 0 Å². The largest absolute Gasteiger partial charge is 0.0854 e. The lowest BCUT2D eigenvalue weighted by molar-refractivity contribution is 0.246. The average molecular weight is 248 g/mol. The fourth-order valence-corrected chi connectivity index (χ4v) is 3.78. The number of hydrogen-bond acceptors (Lipinski definition) is 0. The van der Waals surface area contributed by atoms with E-state index in [0.29, 0.717) is 0 Å².